The van der Waals surface area contributed by atoms with Gasteiger partial charge in [0.15, 0.2) is 5.82 Å². The van der Waals surface area contributed by atoms with Gasteiger partial charge >= 0.3 is 5.97 Å². The minimum atomic E-state index is -0.884. The second-order valence-electron chi connectivity index (χ2n) is 3.64. The van der Waals surface area contributed by atoms with Crippen LogP contribution in [0.1, 0.15) is 19.4 Å². The van der Waals surface area contributed by atoms with E-state index >= 15 is 0 Å². The summed E-state index contributed by atoms with van der Waals surface area (Å²) < 4.78 is 1.49. The van der Waals surface area contributed by atoms with Gasteiger partial charge in [0.1, 0.15) is 0 Å². The molecular weight excluding hydrogens is 222 g/mol. The molecule has 1 atom stereocenters. The van der Waals surface area contributed by atoms with Gasteiger partial charge < -0.3 is 5.11 Å². The summed E-state index contributed by atoms with van der Waals surface area (Å²) in [6, 6.07) is 3.29. The van der Waals surface area contributed by atoms with Crippen molar-refractivity contribution < 1.29 is 9.90 Å². The lowest BCUT2D eigenvalue weighted by molar-refractivity contribution is -0.137. The maximum absolute atomic E-state index is 10.7. The Morgan fingerprint density at radius 2 is 2.41 bits per heavy atom. The second kappa shape index (κ2) is 4.69. The summed E-state index contributed by atoms with van der Waals surface area (Å²) in [5.74, 6) is -0.364. The van der Waals surface area contributed by atoms with Gasteiger partial charge in [-0.25, -0.2) is 4.68 Å². The highest BCUT2D eigenvalue weighted by Gasteiger charge is 2.16. The summed E-state index contributed by atoms with van der Waals surface area (Å²) >= 11 is 0. The van der Waals surface area contributed by atoms with Crippen molar-refractivity contribution in [1.82, 2.24) is 25.2 Å². The van der Waals surface area contributed by atoms with Crippen molar-refractivity contribution in [2.45, 2.75) is 19.4 Å². The largest absolute Gasteiger partial charge is 0.481 e. The molecule has 0 aliphatic carbocycles. The van der Waals surface area contributed by atoms with E-state index in [1.165, 1.54) is 4.68 Å². The number of rotatable bonds is 4. The fourth-order valence-electron chi connectivity index (χ4n) is 1.51. The van der Waals surface area contributed by atoms with Crippen LogP contribution < -0.4 is 0 Å². The normalized spacial score (nSPS) is 12.3. The van der Waals surface area contributed by atoms with E-state index in [0.29, 0.717) is 5.82 Å². The number of carboxylic acids is 1. The van der Waals surface area contributed by atoms with Gasteiger partial charge in [-0.15, -0.1) is 5.10 Å². The van der Waals surface area contributed by atoms with Gasteiger partial charge in [0, 0.05) is 18.0 Å². The van der Waals surface area contributed by atoms with Crippen molar-refractivity contribution in [3.8, 4) is 11.4 Å². The Labute approximate surface area is 97.1 Å². The van der Waals surface area contributed by atoms with Crippen molar-refractivity contribution in [3.63, 3.8) is 0 Å². The van der Waals surface area contributed by atoms with E-state index in [1.54, 1.807) is 25.4 Å². The van der Waals surface area contributed by atoms with Crippen LogP contribution in [0, 0.1) is 0 Å². The molecule has 2 rings (SSSR count). The lowest BCUT2D eigenvalue weighted by Crippen LogP contribution is -2.13. The SMILES string of the molecule is CC(CC(=O)O)n1nnnc1-c1cccnc1. The average molecular weight is 233 g/mol. The molecule has 0 aliphatic heterocycles. The predicted molar refractivity (Wildman–Crippen MR) is 58.0 cm³/mol. The quantitative estimate of drug-likeness (QED) is 0.838. The lowest BCUT2D eigenvalue weighted by Gasteiger charge is -2.10. The summed E-state index contributed by atoms with van der Waals surface area (Å²) in [7, 11) is 0. The molecule has 0 amide bonds. The van der Waals surface area contributed by atoms with Crippen molar-refractivity contribution in [2.24, 2.45) is 0 Å². The lowest BCUT2D eigenvalue weighted by atomic mass is 10.2. The zero-order valence-electron chi connectivity index (χ0n) is 9.19. The molecule has 0 saturated carbocycles. The monoisotopic (exact) mass is 233 g/mol. The van der Waals surface area contributed by atoms with Crippen LogP contribution in [0.25, 0.3) is 11.4 Å². The molecule has 0 fully saturated rings. The molecule has 1 unspecified atom stereocenters. The highest BCUT2D eigenvalue weighted by atomic mass is 16.4. The first-order chi connectivity index (χ1) is 8.18. The summed E-state index contributed by atoms with van der Waals surface area (Å²) in [5.41, 5.74) is 0.759. The predicted octanol–water partition coefficient (Wildman–Crippen LogP) is 0.771. The smallest absolute Gasteiger partial charge is 0.305 e. The summed E-state index contributed by atoms with van der Waals surface area (Å²) in [5, 5.41) is 20.0. The molecule has 1 N–H and O–H groups in total. The van der Waals surface area contributed by atoms with Crippen molar-refractivity contribution in [1.29, 1.82) is 0 Å². The minimum Gasteiger partial charge on any atom is -0.481 e. The van der Waals surface area contributed by atoms with Crippen LogP contribution in [0.15, 0.2) is 24.5 Å². The first kappa shape index (κ1) is 11.2. The molecule has 2 heterocycles. The van der Waals surface area contributed by atoms with Crippen LogP contribution in [0.2, 0.25) is 0 Å². The molecule has 0 spiro atoms. The zero-order chi connectivity index (χ0) is 12.3. The van der Waals surface area contributed by atoms with Crippen LogP contribution in [0.4, 0.5) is 0 Å². The number of hydrogen-bond donors (Lipinski definition) is 1. The number of carboxylic acid groups (broad SMARTS) is 1. The molecule has 0 bridgehead atoms. The van der Waals surface area contributed by atoms with Gasteiger partial charge in [0.05, 0.1) is 12.5 Å². The fourth-order valence-corrected chi connectivity index (χ4v) is 1.51. The highest BCUT2D eigenvalue weighted by molar-refractivity contribution is 5.67. The summed E-state index contributed by atoms with van der Waals surface area (Å²) in [4.78, 5) is 14.6. The van der Waals surface area contributed by atoms with Gasteiger partial charge in [0.2, 0.25) is 0 Å². The fraction of sp³-hybridized carbons (Fsp3) is 0.300. The number of aromatic nitrogens is 5. The van der Waals surface area contributed by atoms with Gasteiger partial charge in [-0.05, 0) is 29.5 Å². The van der Waals surface area contributed by atoms with Crippen LogP contribution >= 0.6 is 0 Å². The molecule has 7 nitrogen and oxygen atoms in total. The first-order valence-corrected chi connectivity index (χ1v) is 5.08. The molecule has 17 heavy (non-hydrogen) atoms. The maximum Gasteiger partial charge on any atom is 0.305 e. The molecule has 88 valence electrons. The van der Waals surface area contributed by atoms with E-state index in [-0.39, 0.29) is 12.5 Å². The molecule has 7 heteroatoms. The van der Waals surface area contributed by atoms with Gasteiger partial charge in [-0.2, -0.15) is 0 Å². The third-order valence-corrected chi connectivity index (χ3v) is 2.30. The molecule has 2 aromatic heterocycles. The van der Waals surface area contributed by atoms with E-state index in [1.807, 2.05) is 6.07 Å². The average Bonchev–Trinajstić information content (AvgIpc) is 2.78. The van der Waals surface area contributed by atoms with Crippen LogP contribution in [-0.4, -0.2) is 36.3 Å². The molecule has 2 aromatic rings. The Morgan fingerprint density at radius 3 is 3.06 bits per heavy atom. The topological polar surface area (TPSA) is 93.8 Å². The van der Waals surface area contributed by atoms with Crippen molar-refractivity contribution in [3.05, 3.63) is 24.5 Å². The zero-order valence-corrected chi connectivity index (χ0v) is 9.19. The number of pyridine rings is 1. The van der Waals surface area contributed by atoms with Gasteiger partial charge in [-0.1, -0.05) is 0 Å². The van der Waals surface area contributed by atoms with E-state index in [4.69, 9.17) is 5.11 Å². The van der Waals surface area contributed by atoms with Gasteiger partial charge in [0.25, 0.3) is 0 Å². The third kappa shape index (κ3) is 2.44. The van der Waals surface area contributed by atoms with Crippen LogP contribution in [0.5, 0.6) is 0 Å². The Bertz CT molecular complexity index is 510. The Hall–Kier alpha value is -2.31. The number of aliphatic carboxylic acids is 1. The van der Waals surface area contributed by atoms with Gasteiger partial charge in [-0.3, -0.25) is 9.78 Å². The molecule has 0 aromatic carbocycles. The first-order valence-electron chi connectivity index (χ1n) is 5.08. The standard InChI is InChI=1S/C10H11N5O2/c1-7(5-9(16)17)15-10(12-13-14-15)8-3-2-4-11-6-8/h2-4,6-7H,5H2,1H3,(H,16,17). The minimum absolute atomic E-state index is 0.0295. The Kier molecular flexibility index (Phi) is 3.08. The third-order valence-electron chi connectivity index (χ3n) is 2.30. The van der Waals surface area contributed by atoms with E-state index < -0.39 is 5.97 Å². The summed E-state index contributed by atoms with van der Waals surface area (Å²) in [6.45, 7) is 1.75. The van der Waals surface area contributed by atoms with Crippen LogP contribution in [-0.2, 0) is 4.79 Å². The highest BCUT2D eigenvalue weighted by Crippen LogP contribution is 2.19. The van der Waals surface area contributed by atoms with E-state index in [2.05, 4.69) is 20.5 Å². The maximum atomic E-state index is 10.7. The number of hydrogen-bond acceptors (Lipinski definition) is 5. The number of carbonyl (C=O) groups is 1. The number of tetrazole rings is 1. The van der Waals surface area contributed by atoms with Crippen molar-refractivity contribution in [2.75, 3.05) is 0 Å². The molecule has 0 radical (unpaired) electrons. The van der Waals surface area contributed by atoms with Crippen LogP contribution in [0.3, 0.4) is 0 Å². The Balaban J connectivity index is 2.32. The summed E-state index contributed by atoms with van der Waals surface area (Å²) in [6.07, 6.45) is 3.26. The molecule has 0 aliphatic rings. The van der Waals surface area contributed by atoms with E-state index in [0.717, 1.165) is 5.56 Å². The molecular formula is C10H11N5O2. The number of nitrogens with zero attached hydrogens (tertiary/aromatic N) is 5. The Morgan fingerprint density at radius 1 is 1.59 bits per heavy atom. The second-order valence-corrected chi connectivity index (χ2v) is 3.64. The van der Waals surface area contributed by atoms with Crippen molar-refractivity contribution >= 4 is 5.97 Å². The van der Waals surface area contributed by atoms with E-state index in [9.17, 15) is 4.79 Å². The molecule has 0 saturated heterocycles.